The van der Waals surface area contributed by atoms with E-state index in [1.807, 2.05) is 92.6 Å². The highest BCUT2D eigenvalue weighted by molar-refractivity contribution is 7.89. The summed E-state index contributed by atoms with van der Waals surface area (Å²) in [6.07, 6.45) is 0.572. The van der Waals surface area contributed by atoms with Gasteiger partial charge in [-0.1, -0.05) is 60.2 Å². The predicted molar refractivity (Wildman–Crippen MR) is 115 cm³/mol. The lowest BCUT2D eigenvalue weighted by Gasteiger charge is -2.20. The van der Waals surface area contributed by atoms with Crippen molar-refractivity contribution in [3.63, 3.8) is 0 Å². The Balaban J connectivity index is 1.88. The Kier molecular flexibility index (Phi) is 6.17. The van der Waals surface area contributed by atoms with E-state index in [2.05, 4.69) is 4.72 Å². The van der Waals surface area contributed by atoms with Gasteiger partial charge >= 0.3 is 0 Å². The molecular formula is C23H26N2O2S. The van der Waals surface area contributed by atoms with Crippen LogP contribution in [-0.2, 0) is 16.4 Å². The Morgan fingerprint density at radius 3 is 2.04 bits per heavy atom. The van der Waals surface area contributed by atoms with Crippen LogP contribution in [0.1, 0.15) is 22.7 Å². The fourth-order valence-electron chi connectivity index (χ4n) is 3.05. The van der Waals surface area contributed by atoms with Gasteiger partial charge in [0.05, 0.1) is 10.9 Å². The number of hydrogen-bond donors (Lipinski definition) is 1. The summed E-state index contributed by atoms with van der Waals surface area (Å²) in [5, 5.41) is 0. The van der Waals surface area contributed by atoms with Crippen LogP contribution in [0.4, 0.5) is 5.69 Å². The average Bonchev–Trinajstić information content (AvgIpc) is 2.69. The number of benzene rings is 3. The first kappa shape index (κ1) is 20.1. The Morgan fingerprint density at radius 1 is 0.857 bits per heavy atom. The summed E-state index contributed by atoms with van der Waals surface area (Å²) in [4.78, 5) is 2.32. The van der Waals surface area contributed by atoms with Gasteiger partial charge in [0.15, 0.2) is 0 Å². The topological polar surface area (TPSA) is 49.4 Å². The van der Waals surface area contributed by atoms with E-state index < -0.39 is 10.0 Å². The van der Waals surface area contributed by atoms with Crippen molar-refractivity contribution in [2.75, 3.05) is 19.0 Å². The molecule has 0 heterocycles. The molecule has 1 atom stereocenters. The van der Waals surface area contributed by atoms with Crippen LogP contribution in [0, 0.1) is 6.92 Å². The lowest BCUT2D eigenvalue weighted by Crippen LogP contribution is -2.30. The van der Waals surface area contributed by atoms with E-state index in [-0.39, 0.29) is 10.9 Å². The third kappa shape index (κ3) is 5.00. The quantitative estimate of drug-likeness (QED) is 0.649. The van der Waals surface area contributed by atoms with Gasteiger partial charge in [-0.25, -0.2) is 13.1 Å². The van der Waals surface area contributed by atoms with Crippen LogP contribution in [0.5, 0.6) is 0 Å². The number of rotatable bonds is 7. The molecule has 0 fully saturated rings. The van der Waals surface area contributed by atoms with Crippen molar-refractivity contribution in [2.24, 2.45) is 0 Å². The van der Waals surface area contributed by atoms with Crippen LogP contribution >= 0.6 is 0 Å². The van der Waals surface area contributed by atoms with Crippen molar-refractivity contribution < 1.29 is 8.42 Å². The molecule has 0 saturated heterocycles. The third-order valence-corrected chi connectivity index (χ3v) is 6.21. The number of sulfonamides is 1. The van der Waals surface area contributed by atoms with Crippen molar-refractivity contribution in [1.82, 2.24) is 4.72 Å². The van der Waals surface area contributed by atoms with Gasteiger partial charge in [0.25, 0.3) is 0 Å². The van der Waals surface area contributed by atoms with E-state index in [4.69, 9.17) is 0 Å². The highest BCUT2D eigenvalue weighted by Gasteiger charge is 2.21. The second-order valence-corrected chi connectivity index (χ2v) is 8.88. The molecule has 3 rings (SSSR count). The second-order valence-electron chi connectivity index (χ2n) is 7.16. The molecule has 28 heavy (non-hydrogen) atoms. The summed E-state index contributed by atoms with van der Waals surface area (Å²) >= 11 is 0. The molecule has 0 aliphatic carbocycles. The summed E-state index contributed by atoms with van der Waals surface area (Å²) in [6.45, 7) is 1.94. The highest BCUT2D eigenvalue weighted by Crippen LogP contribution is 2.23. The van der Waals surface area contributed by atoms with Gasteiger partial charge in [-0.3, -0.25) is 0 Å². The monoisotopic (exact) mass is 394 g/mol. The maximum absolute atomic E-state index is 12.9. The van der Waals surface area contributed by atoms with Gasteiger partial charge in [-0.15, -0.1) is 0 Å². The molecule has 0 spiro atoms. The van der Waals surface area contributed by atoms with Crippen molar-refractivity contribution >= 4 is 15.7 Å². The van der Waals surface area contributed by atoms with Crippen LogP contribution in [0.15, 0.2) is 83.8 Å². The lowest BCUT2D eigenvalue weighted by molar-refractivity contribution is 0.555. The van der Waals surface area contributed by atoms with Crippen molar-refractivity contribution in [3.05, 3.63) is 95.6 Å². The molecule has 0 saturated carbocycles. The summed E-state index contributed by atoms with van der Waals surface area (Å²) in [5.74, 6) is 0. The number of aryl methyl sites for hydroxylation is 1. The maximum atomic E-state index is 12.9. The Labute approximate surface area is 167 Å². The van der Waals surface area contributed by atoms with Crippen LogP contribution in [0.3, 0.4) is 0 Å². The third-order valence-electron chi connectivity index (χ3n) is 4.72. The molecule has 0 amide bonds. The van der Waals surface area contributed by atoms with E-state index in [1.165, 1.54) is 0 Å². The summed E-state index contributed by atoms with van der Waals surface area (Å²) in [7, 11) is 0.371. The Morgan fingerprint density at radius 2 is 1.46 bits per heavy atom. The van der Waals surface area contributed by atoms with Gasteiger partial charge in [0, 0.05) is 19.8 Å². The first-order chi connectivity index (χ1) is 13.3. The Bertz CT molecular complexity index is 997. The highest BCUT2D eigenvalue weighted by atomic mass is 32.2. The van der Waals surface area contributed by atoms with E-state index in [0.29, 0.717) is 6.42 Å². The number of nitrogens with one attached hydrogen (secondary N) is 1. The predicted octanol–water partition coefficient (Wildman–Crippen LogP) is 4.32. The lowest BCUT2D eigenvalue weighted by atomic mass is 9.99. The molecule has 1 N–H and O–H groups in total. The summed E-state index contributed by atoms with van der Waals surface area (Å²) < 4.78 is 28.8. The molecular weight excluding hydrogens is 368 g/mol. The molecule has 0 aliphatic heterocycles. The van der Waals surface area contributed by atoms with E-state index in [1.54, 1.807) is 12.1 Å². The average molecular weight is 395 g/mol. The van der Waals surface area contributed by atoms with Crippen molar-refractivity contribution in [3.8, 4) is 0 Å². The summed E-state index contributed by atoms with van der Waals surface area (Å²) in [6, 6.07) is 24.4. The van der Waals surface area contributed by atoms with Crippen LogP contribution < -0.4 is 9.62 Å². The largest absolute Gasteiger partial charge is 0.378 e. The Hall–Kier alpha value is -2.63. The first-order valence-electron chi connectivity index (χ1n) is 9.25. The molecule has 1 unspecified atom stereocenters. The number of nitrogens with zero attached hydrogens (tertiary/aromatic N) is 1. The van der Waals surface area contributed by atoms with Gasteiger partial charge in [-0.2, -0.15) is 0 Å². The zero-order valence-corrected chi connectivity index (χ0v) is 17.3. The normalized spacial score (nSPS) is 12.5. The fraction of sp³-hybridized carbons (Fsp3) is 0.217. The van der Waals surface area contributed by atoms with Crippen molar-refractivity contribution in [2.45, 2.75) is 24.3 Å². The van der Waals surface area contributed by atoms with Crippen LogP contribution in [0.2, 0.25) is 0 Å². The molecule has 146 valence electrons. The molecule has 0 aromatic heterocycles. The number of anilines is 1. The van der Waals surface area contributed by atoms with E-state index in [9.17, 15) is 8.42 Å². The van der Waals surface area contributed by atoms with E-state index in [0.717, 1.165) is 22.4 Å². The van der Waals surface area contributed by atoms with Gasteiger partial charge in [0.2, 0.25) is 10.0 Å². The van der Waals surface area contributed by atoms with E-state index >= 15 is 0 Å². The first-order valence-corrected chi connectivity index (χ1v) is 10.7. The minimum absolute atomic E-state index is 0.280. The minimum Gasteiger partial charge on any atom is -0.378 e. The zero-order chi connectivity index (χ0) is 20.1. The van der Waals surface area contributed by atoms with Crippen LogP contribution in [-0.4, -0.2) is 22.5 Å². The standard InChI is InChI=1S/C23H26N2O2S/c1-18-9-15-22(16-10-18)28(26,27)24-23(20-7-5-4-6-8-20)17-19-11-13-21(14-12-19)25(2)3/h4-16,23-24H,17H2,1-3H3. The maximum Gasteiger partial charge on any atom is 0.241 e. The van der Waals surface area contributed by atoms with Crippen molar-refractivity contribution in [1.29, 1.82) is 0 Å². The SMILES string of the molecule is Cc1ccc(S(=O)(=O)NC(Cc2ccc(N(C)C)cc2)c2ccccc2)cc1. The molecule has 3 aromatic rings. The molecule has 0 bridgehead atoms. The smallest absolute Gasteiger partial charge is 0.241 e. The minimum atomic E-state index is -3.62. The molecule has 4 nitrogen and oxygen atoms in total. The summed E-state index contributed by atoms with van der Waals surface area (Å²) in [5.41, 5.74) is 4.15. The van der Waals surface area contributed by atoms with Gasteiger partial charge in [0.1, 0.15) is 0 Å². The molecule has 5 heteroatoms. The molecule has 0 aliphatic rings. The van der Waals surface area contributed by atoms with Gasteiger partial charge in [-0.05, 0) is 48.7 Å². The second kappa shape index (κ2) is 8.59. The zero-order valence-electron chi connectivity index (χ0n) is 16.5. The molecule has 3 aromatic carbocycles. The molecule has 0 radical (unpaired) electrons. The fourth-order valence-corrected chi connectivity index (χ4v) is 4.28. The van der Waals surface area contributed by atoms with Gasteiger partial charge < -0.3 is 4.90 Å². The van der Waals surface area contributed by atoms with Crippen LogP contribution in [0.25, 0.3) is 0 Å². The number of hydrogen-bond acceptors (Lipinski definition) is 3.